The zero-order chi connectivity index (χ0) is 11.3. The number of aryl methyl sites for hydroxylation is 2. The Morgan fingerprint density at radius 2 is 2.40 bits per heavy atom. The van der Waals surface area contributed by atoms with Crippen molar-refractivity contribution in [1.29, 1.82) is 0 Å². The van der Waals surface area contributed by atoms with E-state index in [-0.39, 0.29) is 5.91 Å². The van der Waals surface area contributed by atoms with Gasteiger partial charge in [0.1, 0.15) is 5.69 Å². The van der Waals surface area contributed by atoms with Crippen LogP contribution < -0.4 is 5.32 Å². The van der Waals surface area contributed by atoms with E-state index in [1.165, 1.54) is 0 Å². The van der Waals surface area contributed by atoms with Gasteiger partial charge in [-0.25, -0.2) is 0 Å². The van der Waals surface area contributed by atoms with Crippen LogP contribution >= 0.6 is 11.6 Å². The molecule has 0 bridgehead atoms. The smallest absolute Gasteiger partial charge is 0.269 e. The highest BCUT2D eigenvalue weighted by atomic mass is 35.5. The van der Waals surface area contributed by atoms with Crippen LogP contribution in [0, 0.1) is 6.92 Å². The second kappa shape index (κ2) is 5.56. The summed E-state index contributed by atoms with van der Waals surface area (Å²) >= 11 is 5.45. The van der Waals surface area contributed by atoms with Crippen LogP contribution in [0.3, 0.4) is 0 Å². The zero-order valence-corrected chi connectivity index (χ0v) is 9.58. The molecule has 0 fully saturated rings. The van der Waals surface area contributed by atoms with E-state index in [9.17, 15) is 4.79 Å². The molecule has 4 nitrogen and oxygen atoms in total. The summed E-state index contributed by atoms with van der Waals surface area (Å²) < 4.78 is 1.57. The zero-order valence-electron chi connectivity index (χ0n) is 8.83. The molecule has 1 rings (SSSR count). The monoisotopic (exact) mass is 227 g/mol. The number of allylic oxidation sites excluding steroid dienone is 1. The van der Waals surface area contributed by atoms with Crippen molar-refractivity contribution in [2.45, 2.75) is 6.92 Å². The Kier molecular flexibility index (Phi) is 4.37. The normalized spacial score (nSPS) is 10.9. The molecule has 0 atom stereocenters. The molecule has 0 unspecified atom stereocenters. The van der Waals surface area contributed by atoms with Gasteiger partial charge in [0, 0.05) is 19.5 Å². The van der Waals surface area contributed by atoms with E-state index >= 15 is 0 Å². The lowest BCUT2D eigenvalue weighted by Gasteiger charge is -2.01. The van der Waals surface area contributed by atoms with Crippen molar-refractivity contribution in [2.24, 2.45) is 7.05 Å². The summed E-state index contributed by atoms with van der Waals surface area (Å²) in [5.41, 5.74) is 1.39. The minimum absolute atomic E-state index is 0.127. The molecule has 82 valence electrons. The Labute approximate surface area is 93.9 Å². The van der Waals surface area contributed by atoms with Crippen molar-refractivity contribution in [2.75, 3.05) is 12.4 Å². The Balaban J connectivity index is 2.54. The van der Waals surface area contributed by atoms with E-state index in [0.717, 1.165) is 5.69 Å². The molecule has 0 aliphatic carbocycles. The number of carbonyl (C=O) groups is 1. The lowest BCUT2D eigenvalue weighted by Crippen LogP contribution is -2.25. The molecule has 0 aromatic carbocycles. The lowest BCUT2D eigenvalue weighted by molar-refractivity contribution is 0.0948. The molecule has 0 saturated heterocycles. The maximum Gasteiger partial charge on any atom is 0.269 e. The van der Waals surface area contributed by atoms with E-state index in [1.807, 2.05) is 13.0 Å². The molecule has 1 aromatic heterocycles. The van der Waals surface area contributed by atoms with Crippen molar-refractivity contribution in [3.05, 3.63) is 29.6 Å². The van der Waals surface area contributed by atoms with Crippen molar-refractivity contribution in [1.82, 2.24) is 15.1 Å². The lowest BCUT2D eigenvalue weighted by atomic mass is 10.3. The third kappa shape index (κ3) is 3.40. The van der Waals surface area contributed by atoms with Gasteiger partial charge in [0.2, 0.25) is 0 Å². The number of halogens is 1. The molecule has 1 amide bonds. The second-order valence-electron chi connectivity index (χ2n) is 3.13. The average Bonchev–Trinajstić information content (AvgIpc) is 2.52. The number of alkyl halides is 1. The number of carbonyl (C=O) groups excluding carboxylic acids is 1. The fourth-order valence-electron chi connectivity index (χ4n) is 1.21. The molecular weight excluding hydrogens is 214 g/mol. The molecule has 0 saturated carbocycles. The van der Waals surface area contributed by atoms with Crippen LogP contribution in [0.5, 0.6) is 0 Å². The van der Waals surface area contributed by atoms with Crippen LogP contribution in [-0.4, -0.2) is 28.1 Å². The predicted octanol–water partition coefficient (Wildman–Crippen LogP) is 1.25. The van der Waals surface area contributed by atoms with Crippen LogP contribution in [0.2, 0.25) is 0 Å². The third-order valence-corrected chi connectivity index (χ3v) is 2.05. The maximum absolute atomic E-state index is 11.6. The Morgan fingerprint density at radius 3 is 2.93 bits per heavy atom. The van der Waals surface area contributed by atoms with E-state index in [0.29, 0.717) is 18.1 Å². The predicted molar refractivity (Wildman–Crippen MR) is 60.1 cm³/mol. The van der Waals surface area contributed by atoms with Crippen molar-refractivity contribution < 1.29 is 4.79 Å². The molecule has 1 aromatic rings. The van der Waals surface area contributed by atoms with Gasteiger partial charge < -0.3 is 5.32 Å². The van der Waals surface area contributed by atoms with Gasteiger partial charge in [-0.3, -0.25) is 9.48 Å². The van der Waals surface area contributed by atoms with Gasteiger partial charge in [0.15, 0.2) is 0 Å². The number of aromatic nitrogens is 2. The third-order valence-electron chi connectivity index (χ3n) is 1.87. The van der Waals surface area contributed by atoms with Gasteiger partial charge in [-0.05, 0) is 13.0 Å². The topological polar surface area (TPSA) is 46.9 Å². The highest BCUT2D eigenvalue weighted by Crippen LogP contribution is 2.00. The first kappa shape index (κ1) is 11.8. The van der Waals surface area contributed by atoms with Gasteiger partial charge in [-0.2, -0.15) is 5.10 Å². The molecule has 0 aliphatic heterocycles. The van der Waals surface area contributed by atoms with Gasteiger partial charge >= 0.3 is 0 Å². The number of amides is 1. The summed E-state index contributed by atoms with van der Waals surface area (Å²) in [7, 11) is 1.75. The van der Waals surface area contributed by atoms with Crippen LogP contribution in [0.1, 0.15) is 16.2 Å². The van der Waals surface area contributed by atoms with Crippen molar-refractivity contribution >= 4 is 17.5 Å². The number of nitrogens with one attached hydrogen (secondary N) is 1. The molecule has 5 heteroatoms. The molecule has 0 radical (unpaired) electrons. The maximum atomic E-state index is 11.6. The SMILES string of the molecule is Cc1cc(C(=O)NC/C=C/CCl)n(C)n1. The van der Waals surface area contributed by atoms with Gasteiger partial charge in [0.05, 0.1) is 5.69 Å². The van der Waals surface area contributed by atoms with Crippen LogP contribution in [-0.2, 0) is 7.05 Å². The van der Waals surface area contributed by atoms with E-state index in [1.54, 1.807) is 23.9 Å². The van der Waals surface area contributed by atoms with Gasteiger partial charge in [-0.15, -0.1) is 11.6 Å². The highest BCUT2D eigenvalue weighted by Gasteiger charge is 2.09. The summed E-state index contributed by atoms with van der Waals surface area (Å²) in [6.45, 7) is 2.33. The van der Waals surface area contributed by atoms with Crippen LogP contribution in [0.25, 0.3) is 0 Å². The summed E-state index contributed by atoms with van der Waals surface area (Å²) in [4.78, 5) is 11.6. The van der Waals surface area contributed by atoms with Crippen molar-refractivity contribution in [3.8, 4) is 0 Å². The minimum atomic E-state index is -0.127. The number of hydrogen-bond acceptors (Lipinski definition) is 2. The fourth-order valence-corrected chi connectivity index (χ4v) is 1.34. The standard InChI is InChI=1S/C10H14ClN3O/c1-8-7-9(14(2)13-8)10(15)12-6-4-3-5-11/h3-4,7H,5-6H2,1-2H3,(H,12,15)/b4-3+. The quantitative estimate of drug-likeness (QED) is 0.622. The fraction of sp³-hybridized carbons (Fsp3) is 0.400. The Morgan fingerprint density at radius 1 is 1.67 bits per heavy atom. The first-order chi connectivity index (χ1) is 7.15. The second-order valence-corrected chi connectivity index (χ2v) is 3.44. The Bertz CT molecular complexity index is 371. The Hall–Kier alpha value is -1.29. The first-order valence-corrected chi connectivity index (χ1v) is 5.18. The summed E-state index contributed by atoms with van der Waals surface area (Å²) in [5.74, 6) is 0.332. The van der Waals surface area contributed by atoms with Gasteiger partial charge in [0.25, 0.3) is 5.91 Å². The molecule has 1 N–H and O–H groups in total. The summed E-state index contributed by atoms with van der Waals surface area (Å²) in [6, 6.07) is 1.75. The molecule has 1 heterocycles. The number of rotatable bonds is 4. The summed E-state index contributed by atoms with van der Waals surface area (Å²) in [5, 5.41) is 6.84. The van der Waals surface area contributed by atoms with E-state index < -0.39 is 0 Å². The van der Waals surface area contributed by atoms with Gasteiger partial charge in [-0.1, -0.05) is 12.2 Å². The molecular formula is C10H14ClN3O. The number of hydrogen-bond donors (Lipinski definition) is 1. The first-order valence-electron chi connectivity index (χ1n) is 4.65. The molecule has 0 aliphatic rings. The highest BCUT2D eigenvalue weighted by molar-refractivity contribution is 6.18. The largest absolute Gasteiger partial charge is 0.347 e. The van der Waals surface area contributed by atoms with Crippen molar-refractivity contribution in [3.63, 3.8) is 0 Å². The van der Waals surface area contributed by atoms with Crippen LogP contribution in [0.15, 0.2) is 18.2 Å². The molecule has 0 spiro atoms. The minimum Gasteiger partial charge on any atom is -0.347 e. The van der Waals surface area contributed by atoms with E-state index in [4.69, 9.17) is 11.6 Å². The summed E-state index contributed by atoms with van der Waals surface area (Å²) in [6.07, 6.45) is 3.60. The van der Waals surface area contributed by atoms with Crippen LogP contribution in [0.4, 0.5) is 0 Å². The van der Waals surface area contributed by atoms with E-state index in [2.05, 4.69) is 10.4 Å². The average molecular weight is 228 g/mol. The molecule has 15 heavy (non-hydrogen) atoms. The number of nitrogens with zero attached hydrogens (tertiary/aromatic N) is 2.